The average Bonchev–Trinajstić information content (AvgIpc) is 2.24. The number of rotatable bonds is 5. The van der Waals surface area contributed by atoms with Crippen LogP contribution in [0.3, 0.4) is 0 Å². The number of halogens is 2. The maximum Gasteiger partial charge on any atom is 0.138 e. The lowest BCUT2D eigenvalue weighted by molar-refractivity contribution is 0.223. The molecular formula is C13H16F2N2O. The second kappa shape index (κ2) is 5.78. The van der Waals surface area contributed by atoms with Crippen LogP contribution in [-0.4, -0.2) is 18.2 Å². The predicted molar refractivity (Wildman–Crippen MR) is 64.1 cm³/mol. The molecule has 0 aliphatic heterocycles. The number of nitrogens with one attached hydrogen (secondary N) is 1. The standard InChI is InChI=1S/C13H16F2N2O/c1-9(2)17-13(3,7-16)8-18-12-5-10(14)4-11(15)6-12/h4-6,9,17H,8H2,1-3H3. The normalized spacial score (nSPS) is 14.1. The van der Waals surface area contributed by atoms with Crippen molar-refractivity contribution in [3.8, 4) is 11.8 Å². The smallest absolute Gasteiger partial charge is 0.138 e. The first-order valence-electron chi connectivity index (χ1n) is 5.62. The van der Waals surface area contributed by atoms with Crippen LogP contribution in [0.5, 0.6) is 5.75 Å². The van der Waals surface area contributed by atoms with Crippen molar-refractivity contribution < 1.29 is 13.5 Å². The van der Waals surface area contributed by atoms with Gasteiger partial charge in [0.15, 0.2) is 0 Å². The summed E-state index contributed by atoms with van der Waals surface area (Å²) in [5.74, 6) is -1.35. The van der Waals surface area contributed by atoms with Crippen molar-refractivity contribution in [2.45, 2.75) is 32.4 Å². The molecule has 1 unspecified atom stereocenters. The molecule has 1 rings (SSSR count). The van der Waals surface area contributed by atoms with Crippen molar-refractivity contribution >= 4 is 0 Å². The van der Waals surface area contributed by atoms with E-state index < -0.39 is 17.2 Å². The van der Waals surface area contributed by atoms with E-state index in [-0.39, 0.29) is 18.4 Å². The lowest BCUT2D eigenvalue weighted by atomic mass is 10.1. The van der Waals surface area contributed by atoms with Gasteiger partial charge in [-0.25, -0.2) is 8.78 Å². The van der Waals surface area contributed by atoms with E-state index in [2.05, 4.69) is 11.4 Å². The Morgan fingerprint density at radius 3 is 2.33 bits per heavy atom. The fourth-order valence-electron chi connectivity index (χ4n) is 1.58. The summed E-state index contributed by atoms with van der Waals surface area (Å²) in [5.41, 5.74) is -0.906. The topological polar surface area (TPSA) is 45.0 Å². The highest BCUT2D eigenvalue weighted by molar-refractivity contribution is 5.24. The first-order chi connectivity index (χ1) is 8.34. The largest absolute Gasteiger partial charge is 0.490 e. The molecule has 0 aromatic heterocycles. The Morgan fingerprint density at radius 1 is 1.33 bits per heavy atom. The van der Waals surface area contributed by atoms with Crippen molar-refractivity contribution in [3.05, 3.63) is 29.8 Å². The quantitative estimate of drug-likeness (QED) is 0.878. The number of nitrogens with zero attached hydrogens (tertiary/aromatic N) is 1. The Kier molecular flexibility index (Phi) is 4.62. The summed E-state index contributed by atoms with van der Waals surface area (Å²) in [7, 11) is 0. The lowest BCUT2D eigenvalue weighted by Crippen LogP contribution is -2.49. The number of ether oxygens (including phenoxy) is 1. The summed E-state index contributed by atoms with van der Waals surface area (Å²) in [4.78, 5) is 0. The Morgan fingerprint density at radius 2 is 1.89 bits per heavy atom. The Labute approximate surface area is 105 Å². The van der Waals surface area contributed by atoms with E-state index in [1.54, 1.807) is 6.92 Å². The minimum atomic E-state index is -0.906. The molecule has 3 nitrogen and oxygen atoms in total. The molecule has 0 heterocycles. The van der Waals surface area contributed by atoms with Gasteiger partial charge in [0.05, 0.1) is 6.07 Å². The third kappa shape index (κ3) is 4.30. The van der Waals surface area contributed by atoms with Crippen LogP contribution < -0.4 is 10.1 Å². The van der Waals surface area contributed by atoms with Gasteiger partial charge in [-0.15, -0.1) is 0 Å². The third-order valence-electron chi connectivity index (χ3n) is 2.22. The average molecular weight is 254 g/mol. The van der Waals surface area contributed by atoms with E-state index in [1.165, 1.54) is 0 Å². The van der Waals surface area contributed by atoms with Gasteiger partial charge in [-0.1, -0.05) is 0 Å². The zero-order chi connectivity index (χ0) is 13.8. The number of hydrogen-bond donors (Lipinski definition) is 1. The highest BCUT2D eigenvalue weighted by Crippen LogP contribution is 2.17. The van der Waals surface area contributed by atoms with Gasteiger partial charge >= 0.3 is 0 Å². The Bertz CT molecular complexity index is 437. The molecular weight excluding hydrogens is 238 g/mol. The highest BCUT2D eigenvalue weighted by Gasteiger charge is 2.25. The van der Waals surface area contributed by atoms with E-state index in [0.29, 0.717) is 0 Å². The second-order valence-electron chi connectivity index (χ2n) is 4.64. The van der Waals surface area contributed by atoms with Crippen LogP contribution in [0.1, 0.15) is 20.8 Å². The highest BCUT2D eigenvalue weighted by atomic mass is 19.1. The molecule has 0 amide bonds. The van der Waals surface area contributed by atoms with Crippen LogP contribution in [0.25, 0.3) is 0 Å². The Balaban J connectivity index is 2.71. The number of nitriles is 1. The summed E-state index contributed by atoms with van der Waals surface area (Å²) in [6.45, 7) is 5.47. The first kappa shape index (κ1) is 14.4. The zero-order valence-corrected chi connectivity index (χ0v) is 10.6. The molecule has 1 aromatic rings. The number of hydrogen-bond acceptors (Lipinski definition) is 3. The summed E-state index contributed by atoms with van der Waals surface area (Å²) in [6, 6.07) is 5.11. The van der Waals surface area contributed by atoms with Gasteiger partial charge < -0.3 is 4.74 Å². The van der Waals surface area contributed by atoms with Gasteiger partial charge in [0.1, 0.15) is 29.5 Å². The van der Waals surface area contributed by atoms with Gasteiger partial charge in [0, 0.05) is 24.2 Å². The van der Waals surface area contributed by atoms with Gasteiger partial charge in [0.25, 0.3) is 0 Å². The SMILES string of the molecule is CC(C)NC(C)(C#N)COc1cc(F)cc(F)c1. The minimum Gasteiger partial charge on any atom is -0.490 e. The van der Waals surface area contributed by atoms with Crippen molar-refractivity contribution in [2.24, 2.45) is 0 Å². The fourth-order valence-corrected chi connectivity index (χ4v) is 1.58. The van der Waals surface area contributed by atoms with Crippen LogP contribution in [0.2, 0.25) is 0 Å². The van der Waals surface area contributed by atoms with Crippen molar-refractivity contribution in [3.63, 3.8) is 0 Å². The summed E-state index contributed by atoms with van der Waals surface area (Å²) >= 11 is 0. The summed E-state index contributed by atoms with van der Waals surface area (Å²) in [6.07, 6.45) is 0. The molecule has 0 fully saturated rings. The molecule has 0 bridgehead atoms. The van der Waals surface area contributed by atoms with Crippen LogP contribution in [0.4, 0.5) is 8.78 Å². The van der Waals surface area contributed by atoms with E-state index >= 15 is 0 Å². The lowest BCUT2D eigenvalue weighted by Gasteiger charge is -2.25. The van der Waals surface area contributed by atoms with Gasteiger partial charge in [0.2, 0.25) is 0 Å². The van der Waals surface area contributed by atoms with Crippen LogP contribution in [-0.2, 0) is 0 Å². The van der Waals surface area contributed by atoms with Gasteiger partial charge in [-0.05, 0) is 20.8 Å². The van der Waals surface area contributed by atoms with Crippen molar-refractivity contribution in [2.75, 3.05) is 6.61 Å². The first-order valence-corrected chi connectivity index (χ1v) is 5.62. The molecule has 1 atom stereocenters. The molecule has 0 radical (unpaired) electrons. The van der Waals surface area contributed by atoms with Crippen LogP contribution in [0.15, 0.2) is 18.2 Å². The molecule has 18 heavy (non-hydrogen) atoms. The maximum atomic E-state index is 12.9. The van der Waals surface area contributed by atoms with E-state index in [0.717, 1.165) is 18.2 Å². The van der Waals surface area contributed by atoms with Crippen molar-refractivity contribution in [1.82, 2.24) is 5.32 Å². The molecule has 0 aliphatic rings. The van der Waals surface area contributed by atoms with E-state index in [9.17, 15) is 8.78 Å². The molecule has 5 heteroatoms. The maximum absolute atomic E-state index is 12.9. The molecule has 98 valence electrons. The summed E-state index contributed by atoms with van der Waals surface area (Å²) < 4.78 is 31.1. The van der Waals surface area contributed by atoms with E-state index in [4.69, 9.17) is 10.00 Å². The summed E-state index contributed by atoms with van der Waals surface area (Å²) in [5, 5.41) is 12.1. The molecule has 0 saturated carbocycles. The predicted octanol–water partition coefficient (Wildman–Crippen LogP) is 2.62. The minimum absolute atomic E-state index is 0.00454. The molecule has 1 N–H and O–H groups in total. The molecule has 0 aliphatic carbocycles. The number of benzene rings is 1. The van der Waals surface area contributed by atoms with Crippen LogP contribution in [0, 0.1) is 23.0 Å². The second-order valence-corrected chi connectivity index (χ2v) is 4.64. The molecule has 0 spiro atoms. The third-order valence-corrected chi connectivity index (χ3v) is 2.22. The van der Waals surface area contributed by atoms with Gasteiger partial charge in [-0.2, -0.15) is 5.26 Å². The molecule has 0 saturated heterocycles. The van der Waals surface area contributed by atoms with E-state index in [1.807, 2.05) is 13.8 Å². The van der Waals surface area contributed by atoms with Gasteiger partial charge in [-0.3, -0.25) is 5.32 Å². The van der Waals surface area contributed by atoms with Crippen LogP contribution >= 0.6 is 0 Å². The fraction of sp³-hybridized carbons (Fsp3) is 0.462. The Hall–Kier alpha value is -1.67. The van der Waals surface area contributed by atoms with Crippen molar-refractivity contribution in [1.29, 1.82) is 5.26 Å². The zero-order valence-electron chi connectivity index (χ0n) is 10.6. The monoisotopic (exact) mass is 254 g/mol. The molecule has 1 aromatic carbocycles.